The zero-order valence-corrected chi connectivity index (χ0v) is 17.3. The molecule has 2 heterocycles. The Balaban J connectivity index is 1.58. The van der Waals surface area contributed by atoms with E-state index in [0.29, 0.717) is 35.8 Å². The van der Waals surface area contributed by atoms with Gasteiger partial charge in [0.2, 0.25) is 11.7 Å². The van der Waals surface area contributed by atoms with Crippen LogP contribution in [-0.4, -0.2) is 59.9 Å². The number of hydrogen-bond acceptors (Lipinski definition) is 6. The van der Waals surface area contributed by atoms with Crippen molar-refractivity contribution >= 4 is 23.7 Å². The van der Waals surface area contributed by atoms with Crippen molar-refractivity contribution in [3.63, 3.8) is 0 Å². The quantitative estimate of drug-likeness (QED) is 0.565. The number of carbonyl (C=O) groups is 1. The van der Waals surface area contributed by atoms with E-state index in [9.17, 15) is 4.79 Å². The topological polar surface area (TPSA) is 105 Å². The van der Waals surface area contributed by atoms with Crippen LogP contribution < -0.4 is 10.6 Å². The number of guanidine groups is 1. The number of ether oxygens (including phenoxy) is 1. The van der Waals surface area contributed by atoms with E-state index >= 15 is 0 Å². The van der Waals surface area contributed by atoms with E-state index in [2.05, 4.69) is 25.8 Å². The Morgan fingerprint density at radius 3 is 2.90 bits per heavy atom. The van der Waals surface area contributed by atoms with Gasteiger partial charge in [0.25, 0.3) is 0 Å². The summed E-state index contributed by atoms with van der Waals surface area (Å²) < 4.78 is 10.1. The standard InChI is InChI=1S/C19H25ClN6O3/c1-3-21-18(23-15-7-9-26(10-8-15)19(27)28-2)22-12-16-24-17(25-29-16)13-5-4-6-14(20)11-13/h4-6,11,15H,3,7-10,12H2,1-2H3,(H2,21,22,23). The first-order chi connectivity index (χ1) is 14.1. The molecule has 156 valence electrons. The molecule has 0 radical (unpaired) electrons. The fourth-order valence-electron chi connectivity index (χ4n) is 3.06. The number of halogens is 1. The summed E-state index contributed by atoms with van der Waals surface area (Å²) in [4.78, 5) is 22.2. The SMILES string of the molecule is CCNC(=NCc1nc(-c2cccc(Cl)c2)no1)NC1CCN(C(=O)OC)CC1. The smallest absolute Gasteiger partial charge is 0.409 e. The highest BCUT2D eigenvalue weighted by Crippen LogP contribution is 2.20. The molecular formula is C19H25ClN6O3. The van der Waals surface area contributed by atoms with Gasteiger partial charge >= 0.3 is 6.09 Å². The number of benzene rings is 1. The van der Waals surface area contributed by atoms with Crippen LogP contribution in [0.25, 0.3) is 11.4 Å². The molecule has 0 spiro atoms. The van der Waals surface area contributed by atoms with Crippen molar-refractivity contribution in [2.24, 2.45) is 4.99 Å². The van der Waals surface area contributed by atoms with Crippen LogP contribution in [0.2, 0.25) is 5.02 Å². The summed E-state index contributed by atoms with van der Waals surface area (Å²) in [7, 11) is 1.40. The van der Waals surface area contributed by atoms with Gasteiger partial charge in [-0.25, -0.2) is 9.79 Å². The lowest BCUT2D eigenvalue weighted by molar-refractivity contribution is 0.111. The third kappa shape index (κ3) is 5.83. The van der Waals surface area contributed by atoms with E-state index in [1.165, 1.54) is 7.11 Å². The van der Waals surface area contributed by atoms with Gasteiger partial charge in [-0.15, -0.1) is 0 Å². The van der Waals surface area contributed by atoms with E-state index in [0.717, 1.165) is 24.9 Å². The fourth-order valence-corrected chi connectivity index (χ4v) is 3.25. The van der Waals surface area contributed by atoms with Crippen LogP contribution in [0.1, 0.15) is 25.7 Å². The Morgan fingerprint density at radius 1 is 1.41 bits per heavy atom. The van der Waals surface area contributed by atoms with Crippen molar-refractivity contribution in [1.82, 2.24) is 25.7 Å². The third-order valence-electron chi connectivity index (χ3n) is 4.54. The second-order valence-corrected chi connectivity index (χ2v) is 7.03. The molecule has 10 heteroatoms. The Labute approximate surface area is 174 Å². The van der Waals surface area contributed by atoms with E-state index in [-0.39, 0.29) is 18.7 Å². The molecule has 2 aromatic rings. The van der Waals surface area contributed by atoms with Crippen molar-refractivity contribution in [2.45, 2.75) is 32.4 Å². The summed E-state index contributed by atoms with van der Waals surface area (Å²) in [6, 6.07) is 7.51. The largest absolute Gasteiger partial charge is 0.453 e. The summed E-state index contributed by atoms with van der Waals surface area (Å²) in [6.07, 6.45) is 1.36. The predicted octanol–water partition coefficient (Wildman–Crippen LogP) is 2.68. The maximum absolute atomic E-state index is 11.6. The van der Waals surface area contributed by atoms with Gasteiger partial charge < -0.3 is 24.8 Å². The normalized spacial score (nSPS) is 15.3. The van der Waals surface area contributed by atoms with Crippen LogP contribution in [0.3, 0.4) is 0 Å². The van der Waals surface area contributed by atoms with Crippen LogP contribution in [-0.2, 0) is 11.3 Å². The zero-order valence-electron chi connectivity index (χ0n) is 16.5. The Hall–Kier alpha value is -2.81. The number of likely N-dealkylation sites (tertiary alicyclic amines) is 1. The lowest BCUT2D eigenvalue weighted by Crippen LogP contribution is -2.49. The van der Waals surface area contributed by atoms with Gasteiger partial charge in [0.1, 0.15) is 6.54 Å². The average Bonchev–Trinajstić information content (AvgIpc) is 3.21. The van der Waals surface area contributed by atoms with Gasteiger partial charge in [0.15, 0.2) is 5.96 Å². The molecule has 1 amide bonds. The van der Waals surface area contributed by atoms with Crippen molar-refractivity contribution in [1.29, 1.82) is 0 Å². The highest BCUT2D eigenvalue weighted by atomic mass is 35.5. The first-order valence-corrected chi connectivity index (χ1v) is 9.93. The number of amides is 1. The van der Waals surface area contributed by atoms with Crippen molar-refractivity contribution < 1.29 is 14.1 Å². The van der Waals surface area contributed by atoms with Crippen molar-refractivity contribution in [2.75, 3.05) is 26.7 Å². The molecule has 1 aliphatic rings. The number of methoxy groups -OCH3 is 1. The maximum Gasteiger partial charge on any atom is 0.409 e. The van der Waals surface area contributed by atoms with Crippen LogP contribution in [0.15, 0.2) is 33.8 Å². The second kappa shape index (κ2) is 10.1. The molecule has 9 nitrogen and oxygen atoms in total. The second-order valence-electron chi connectivity index (χ2n) is 6.59. The monoisotopic (exact) mass is 420 g/mol. The molecule has 0 atom stereocenters. The van der Waals surface area contributed by atoms with Gasteiger partial charge in [0.05, 0.1) is 7.11 Å². The number of nitrogens with zero attached hydrogens (tertiary/aromatic N) is 4. The molecule has 29 heavy (non-hydrogen) atoms. The van der Waals surface area contributed by atoms with Crippen molar-refractivity contribution in [3.05, 3.63) is 35.2 Å². The zero-order chi connectivity index (χ0) is 20.6. The molecule has 0 bridgehead atoms. The molecule has 1 aromatic heterocycles. The van der Waals surface area contributed by atoms with Crippen LogP contribution in [0.5, 0.6) is 0 Å². The predicted molar refractivity (Wildman–Crippen MR) is 110 cm³/mol. The Morgan fingerprint density at radius 2 is 2.21 bits per heavy atom. The molecule has 0 aliphatic carbocycles. The van der Waals surface area contributed by atoms with E-state index < -0.39 is 0 Å². The number of rotatable bonds is 5. The van der Waals surface area contributed by atoms with E-state index in [4.69, 9.17) is 20.9 Å². The number of carbonyl (C=O) groups excluding carboxylic acids is 1. The summed E-state index contributed by atoms with van der Waals surface area (Å²) in [5.74, 6) is 1.56. The van der Waals surface area contributed by atoms with Crippen molar-refractivity contribution in [3.8, 4) is 11.4 Å². The molecule has 0 saturated carbocycles. The highest BCUT2D eigenvalue weighted by Gasteiger charge is 2.23. The third-order valence-corrected chi connectivity index (χ3v) is 4.77. The lowest BCUT2D eigenvalue weighted by Gasteiger charge is -2.32. The molecule has 1 aliphatic heterocycles. The fraction of sp³-hybridized carbons (Fsp3) is 0.474. The van der Waals surface area contributed by atoms with Crippen LogP contribution in [0.4, 0.5) is 4.79 Å². The average molecular weight is 421 g/mol. The molecule has 1 aromatic carbocycles. The maximum atomic E-state index is 11.6. The molecule has 1 saturated heterocycles. The lowest BCUT2D eigenvalue weighted by atomic mass is 10.1. The van der Waals surface area contributed by atoms with Gasteiger partial charge in [0, 0.05) is 36.3 Å². The first-order valence-electron chi connectivity index (χ1n) is 9.55. The van der Waals surface area contributed by atoms with E-state index in [1.54, 1.807) is 17.0 Å². The number of aliphatic imine (C=N–C) groups is 1. The molecule has 2 N–H and O–H groups in total. The Kier molecular flexibility index (Phi) is 7.29. The summed E-state index contributed by atoms with van der Waals surface area (Å²) in [5, 5.41) is 11.2. The summed E-state index contributed by atoms with van der Waals surface area (Å²) in [6.45, 7) is 4.28. The molecular weight excluding hydrogens is 396 g/mol. The molecule has 0 unspecified atom stereocenters. The number of nitrogens with one attached hydrogen (secondary N) is 2. The Bertz CT molecular complexity index is 848. The number of hydrogen-bond donors (Lipinski definition) is 2. The number of aromatic nitrogens is 2. The van der Waals surface area contributed by atoms with Gasteiger partial charge in [-0.1, -0.05) is 28.9 Å². The van der Waals surface area contributed by atoms with Gasteiger partial charge in [-0.3, -0.25) is 0 Å². The first kappa shape index (κ1) is 20.9. The minimum Gasteiger partial charge on any atom is -0.453 e. The minimum atomic E-state index is -0.282. The molecule has 3 rings (SSSR count). The van der Waals surface area contributed by atoms with Gasteiger partial charge in [-0.2, -0.15) is 4.98 Å². The van der Waals surface area contributed by atoms with Gasteiger partial charge in [-0.05, 0) is 31.9 Å². The van der Waals surface area contributed by atoms with Crippen LogP contribution >= 0.6 is 11.6 Å². The van der Waals surface area contributed by atoms with Crippen LogP contribution in [0, 0.1) is 0 Å². The minimum absolute atomic E-state index is 0.221. The van der Waals surface area contributed by atoms with E-state index in [1.807, 2.05) is 19.1 Å². The molecule has 1 fully saturated rings. The summed E-state index contributed by atoms with van der Waals surface area (Å²) in [5.41, 5.74) is 0.791. The summed E-state index contributed by atoms with van der Waals surface area (Å²) >= 11 is 6.01. The highest BCUT2D eigenvalue weighted by molar-refractivity contribution is 6.30. The number of piperidine rings is 1.